The smallest absolute Gasteiger partial charge is 0.0476 e. The van der Waals surface area contributed by atoms with Gasteiger partial charge in [0.1, 0.15) is 0 Å². The first-order valence-electron chi connectivity index (χ1n) is 4.73. The van der Waals surface area contributed by atoms with Crippen LogP contribution in [0.15, 0.2) is 12.2 Å². The van der Waals surface area contributed by atoms with E-state index in [4.69, 9.17) is 0 Å². The molecule has 0 amide bonds. The summed E-state index contributed by atoms with van der Waals surface area (Å²) in [6.45, 7) is 9.40. The zero-order valence-electron chi connectivity index (χ0n) is 8.48. The van der Waals surface area contributed by atoms with Gasteiger partial charge in [-0.2, -0.15) is 0 Å². The summed E-state index contributed by atoms with van der Waals surface area (Å²) in [4.78, 5) is 0. The highest BCUT2D eigenvalue weighted by atomic mass is 28.3. The highest BCUT2D eigenvalue weighted by Crippen LogP contribution is 2.19. The normalized spacial score (nSPS) is 12.7. The summed E-state index contributed by atoms with van der Waals surface area (Å²) in [5.41, 5.74) is 0. The van der Waals surface area contributed by atoms with Crippen LogP contribution in [0.4, 0.5) is 0 Å². The summed E-state index contributed by atoms with van der Waals surface area (Å²) in [5.74, 6) is 0. The van der Waals surface area contributed by atoms with Crippen LogP contribution in [0.1, 0.15) is 26.7 Å². The molecule has 0 spiro atoms. The molecular weight excluding hydrogens is 148 g/mol. The molecule has 0 fully saturated rings. The van der Waals surface area contributed by atoms with Crippen molar-refractivity contribution in [2.45, 2.75) is 51.9 Å². The van der Waals surface area contributed by atoms with Gasteiger partial charge >= 0.3 is 0 Å². The average Bonchev–Trinajstić information content (AvgIpc) is 1.87. The van der Waals surface area contributed by atoms with Crippen molar-refractivity contribution in [1.82, 2.24) is 0 Å². The molecule has 0 saturated carbocycles. The van der Waals surface area contributed by atoms with E-state index in [0.717, 1.165) is 0 Å². The Bertz CT molecular complexity index is 114. The number of hydrogen-bond donors (Lipinski definition) is 0. The molecule has 0 aromatic heterocycles. The molecule has 0 unspecified atom stereocenters. The average molecular weight is 170 g/mol. The van der Waals surface area contributed by atoms with E-state index in [1.165, 1.54) is 24.9 Å². The SMILES string of the molecule is CC=CCC[Si](C)(C)CCC. The summed E-state index contributed by atoms with van der Waals surface area (Å²) in [6, 6.07) is 2.95. The molecule has 0 aliphatic carbocycles. The molecule has 0 aromatic rings. The van der Waals surface area contributed by atoms with Gasteiger partial charge < -0.3 is 0 Å². The van der Waals surface area contributed by atoms with Crippen LogP contribution < -0.4 is 0 Å². The molecule has 11 heavy (non-hydrogen) atoms. The van der Waals surface area contributed by atoms with Crippen LogP contribution in [0.3, 0.4) is 0 Å². The lowest BCUT2D eigenvalue weighted by atomic mass is 10.4. The largest absolute Gasteiger partial charge is 0.0917 e. The molecule has 0 aromatic carbocycles. The van der Waals surface area contributed by atoms with Crippen molar-refractivity contribution in [1.29, 1.82) is 0 Å². The lowest BCUT2D eigenvalue weighted by molar-refractivity contribution is 1.01. The van der Waals surface area contributed by atoms with Crippen molar-refractivity contribution in [2.24, 2.45) is 0 Å². The quantitative estimate of drug-likeness (QED) is 0.431. The van der Waals surface area contributed by atoms with E-state index in [-0.39, 0.29) is 0 Å². The third kappa shape index (κ3) is 6.36. The van der Waals surface area contributed by atoms with Crippen molar-refractivity contribution in [2.75, 3.05) is 0 Å². The Morgan fingerprint density at radius 1 is 1.18 bits per heavy atom. The van der Waals surface area contributed by atoms with Crippen molar-refractivity contribution in [3.05, 3.63) is 12.2 Å². The molecule has 0 aliphatic rings. The van der Waals surface area contributed by atoms with E-state index < -0.39 is 8.07 Å². The van der Waals surface area contributed by atoms with Crippen molar-refractivity contribution < 1.29 is 0 Å². The predicted molar refractivity (Wildman–Crippen MR) is 56.8 cm³/mol. The molecule has 1 heteroatoms. The molecule has 0 radical (unpaired) electrons. The second kappa shape index (κ2) is 5.59. The maximum atomic E-state index is 2.50. The molecule has 0 N–H and O–H groups in total. The molecule has 0 heterocycles. The Labute approximate surface area is 72.7 Å². The van der Waals surface area contributed by atoms with Crippen LogP contribution in [0.25, 0.3) is 0 Å². The van der Waals surface area contributed by atoms with E-state index in [2.05, 4.69) is 39.1 Å². The van der Waals surface area contributed by atoms with Crippen LogP contribution in [0.5, 0.6) is 0 Å². The molecule has 0 rings (SSSR count). The maximum absolute atomic E-state index is 2.50. The first-order valence-corrected chi connectivity index (χ1v) is 8.15. The third-order valence-corrected chi connectivity index (χ3v) is 5.65. The Morgan fingerprint density at radius 2 is 1.82 bits per heavy atom. The highest BCUT2D eigenvalue weighted by Gasteiger charge is 2.17. The minimum Gasteiger partial charge on any atom is -0.0917 e. The third-order valence-electron chi connectivity index (χ3n) is 2.15. The summed E-state index contributed by atoms with van der Waals surface area (Å²) in [5, 5.41) is 0. The van der Waals surface area contributed by atoms with E-state index in [0.29, 0.717) is 0 Å². The predicted octanol–water partition coefficient (Wildman–Crippen LogP) is 4.07. The van der Waals surface area contributed by atoms with E-state index in [1.807, 2.05) is 0 Å². The van der Waals surface area contributed by atoms with Gasteiger partial charge in [-0.15, -0.1) is 0 Å². The Morgan fingerprint density at radius 3 is 2.27 bits per heavy atom. The highest BCUT2D eigenvalue weighted by molar-refractivity contribution is 6.77. The van der Waals surface area contributed by atoms with Crippen LogP contribution in [0, 0.1) is 0 Å². The Balaban J connectivity index is 3.54. The number of hydrogen-bond acceptors (Lipinski definition) is 0. The number of allylic oxidation sites excluding steroid dienone is 2. The molecule has 0 aliphatic heterocycles. The van der Waals surface area contributed by atoms with Gasteiger partial charge in [0, 0.05) is 8.07 Å². The minimum atomic E-state index is -0.792. The first kappa shape index (κ1) is 11.0. The summed E-state index contributed by atoms with van der Waals surface area (Å²) in [7, 11) is -0.792. The van der Waals surface area contributed by atoms with Gasteiger partial charge in [0.15, 0.2) is 0 Å². The standard InChI is InChI=1S/C10H22Si/c1-5-7-8-10-11(3,4)9-6-2/h5,7H,6,8-10H2,1-4H3. The summed E-state index contributed by atoms with van der Waals surface area (Å²) < 4.78 is 0. The molecule has 0 atom stereocenters. The fourth-order valence-electron chi connectivity index (χ4n) is 1.44. The van der Waals surface area contributed by atoms with Gasteiger partial charge in [-0.1, -0.05) is 50.7 Å². The Kier molecular flexibility index (Phi) is 5.57. The minimum absolute atomic E-state index is 0.792. The van der Waals surface area contributed by atoms with Gasteiger partial charge in [0.2, 0.25) is 0 Å². The fourth-order valence-corrected chi connectivity index (χ4v) is 3.99. The summed E-state index contributed by atoms with van der Waals surface area (Å²) in [6.07, 6.45) is 7.13. The molecule has 0 saturated heterocycles. The van der Waals surface area contributed by atoms with Gasteiger partial charge in [-0.25, -0.2) is 0 Å². The number of rotatable bonds is 5. The molecule has 66 valence electrons. The lowest BCUT2D eigenvalue weighted by Gasteiger charge is -2.20. The first-order chi connectivity index (χ1) is 5.12. The van der Waals surface area contributed by atoms with Crippen molar-refractivity contribution >= 4 is 8.07 Å². The fraction of sp³-hybridized carbons (Fsp3) is 0.800. The topological polar surface area (TPSA) is 0 Å². The van der Waals surface area contributed by atoms with E-state index >= 15 is 0 Å². The van der Waals surface area contributed by atoms with Gasteiger partial charge in [0.25, 0.3) is 0 Å². The Hall–Kier alpha value is -0.0431. The van der Waals surface area contributed by atoms with Crippen molar-refractivity contribution in [3.63, 3.8) is 0 Å². The summed E-state index contributed by atoms with van der Waals surface area (Å²) >= 11 is 0. The van der Waals surface area contributed by atoms with Crippen LogP contribution >= 0.6 is 0 Å². The van der Waals surface area contributed by atoms with Gasteiger partial charge in [-0.3, -0.25) is 0 Å². The zero-order chi connectivity index (χ0) is 8.74. The van der Waals surface area contributed by atoms with Crippen LogP contribution in [-0.2, 0) is 0 Å². The van der Waals surface area contributed by atoms with Crippen LogP contribution in [-0.4, -0.2) is 8.07 Å². The molecular formula is C10H22Si. The van der Waals surface area contributed by atoms with Crippen LogP contribution in [0.2, 0.25) is 25.2 Å². The lowest BCUT2D eigenvalue weighted by Crippen LogP contribution is -2.23. The molecule has 0 nitrogen and oxygen atoms in total. The van der Waals surface area contributed by atoms with Gasteiger partial charge in [-0.05, 0) is 13.3 Å². The van der Waals surface area contributed by atoms with E-state index in [9.17, 15) is 0 Å². The van der Waals surface area contributed by atoms with Gasteiger partial charge in [0.05, 0.1) is 0 Å². The molecule has 0 bridgehead atoms. The second-order valence-corrected chi connectivity index (χ2v) is 9.35. The van der Waals surface area contributed by atoms with E-state index in [1.54, 1.807) is 0 Å². The monoisotopic (exact) mass is 170 g/mol. The maximum Gasteiger partial charge on any atom is 0.0476 e. The van der Waals surface area contributed by atoms with Crippen molar-refractivity contribution in [3.8, 4) is 0 Å². The second-order valence-electron chi connectivity index (χ2n) is 4.02. The zero-order valence-corrected chi connectivity index (χ0v) is 9.48.